The van der Waals surface area contributed by atoms with Gasteiger partial charge in [-0.3, -0.25) is 14.2 Å². The molecule has 0 bridgehead atoms. The number of nitrogens with zero attached hydrogens (tertiary/aromatic N) is 2. The number of thioether (sulfide) groups is 1. The van der Waals surface area contributed by atoms with Gasteiger partial charge in [0.25, 0.3) is 5.56 Å². The van der Waals surface area contributed by atoms with Gasteiger partial charge in [0.15, 0.2) is 5.16 Å². The van der Waals surface area contributed by atoms with Gasteiger partial charge in [-0.05, 0) is 37.1 Å². The topological polar surface area (TPSA) is 64.0 Å². The number of carbonyl (C=O) groups is 1. The Morgan fingerprint density at radius 2 is 2.03 bits per heavy atom. The van der Waals surface area contributed by atoms with Crippen LogP contribution in [0.1, 0.15) is 12.5 Å². The number of carbonyl (C=O) groups excluding carboxylic acids is 1. The van der Waals surface area contributed by atoms with Crippen molar-refractivity contribution in [2.45, 2.75) is 30.8 Å². The summed E-state index contributed by atoms with van der Waals surface area (Å²) < 4.78 is 1.58. The van der Waals surface area contributed by atoms with Gasteiger partial charge >= 0.3 is 0 Å². The summed E-state index contributed by atoms with van der Waals surface area (Å²) in [4.78, 5) is 31.8. The number of aromatic nitrogens is 2. The lowest BCUT2D eigenvalue weighted by Crippen LogP contribution is -2.27. The number of fused-ring (bicyclic) bond motifs is 1. The molecule has 2 heterocycles. The van der Waals surface area contributed by atoms with Crippen molar-refractivity contribution in [2.24, 2.45) is 0 Å². The van der Waals surface area contributed by atoms with Gasteiger partial charge in [0, 0.05) is 28.2 Å². The van der Waals surface area contributed by atoms with E-state index < -0.39 is 5.25 Å². The fourth-order valence-corrected chi connectivity index (χ4v) is 5.49. The first-order valence-electron chi connectivity index (χ1n) is 10.3. The van der Waals surface area contributed by atoms with E-state index in [0.29, 0.717) is 32.6 Å². The van der Waals surface area contributed by atoms with Gasteiger partial charge < -0.3 is 5.32 Å². The number of hydrogen-bond donors (Lipinski definition) is 1. The number of thiophene rings is 1. The first kappa shape index (κ1) is 23.3. The van der Waals surface area contributed by atoms with Crippen LogP contribution in [0.5, 0.6) is 0 Å². The molecule has 168 valence electrons. The first-order chi connectivity index (χ1) is 15.9. The maximum Gasteiger partial charge on any atom is 0.263 e. The molecular weight excluding hydrogens is 474 g/mol. The molecule has 4 aromatic rings. The molecule has 2 aromatic heterocycles. The van der Waals surface area contributed by atoms with E-state index in [0.717, 1.165) is 16.7 Å². The molecule has 2 aromatic carbocycles. The fraction of sp³-hybridized carbons (Fsp3) is 0.160. The molecule has 0 saturated heterocycles. The maximum atomic E-state index is 13.5. The number of halogens is 1. The van der Waals surface area contributed by atoms with Gasteiger partial charge in [-0.25, -0.2) is 4.98 Å². The second kappa shape index (κ2) is 9.95. The van der Waals surface area contributed by atoms with Crippen LogP contribution < -0.4 is 10.9 Å². The zero-order chi connectivity index (χ0) is 23.5. The molecule has 0 aliphatic carbocycles. The van der Waals surface area contributed by atoms with E-state index in [1.165, 1.54) is 23.1 Å². The van der Waals surface area contributed by atoms with Crippen LogP contribution >= 0.6 is 34.7 Å². The van der Waals surface area contributed by atoms with E-state index in [1.807, 2.05) is 48.7 Å². The van der Waals surface area contributed by atoms with Gasteiger partial charge in [-0.2, -0.15) is 0 Å². The Labute approximate surface area is 205 Å². The van der Waals surface area contributed by atoms with Crippen LogP contribution in [0.15, 0.2) is 76.5 Å². The Morgan fingerprint density at radius 1 is 1.27 bits per heavy atom. The predicted molar refractivity (Wildman–Crippen MR) is 140 cm³/mol. The van der Waals surface area contributed by atoms with Gasteiger partial charge in [0.2, 0.25) is 5.91 Å². The van der Waals surface area contributed by atoms with Crippen molar-refractivity contribution >= 4 is 56.5 Å². The van der Waals surface area contributed by atoms with Crippen LogP contribution in [0, 0.1) is 6.92 Å². The summed E-state index contributed by atoms with van der Waals surface area (Å²) in [5, 5.41) is 6.05. The first-order valence-corrected chi connectivity index (χ1v) is 12.5. The summed E-state index contributed by atoms with van der Waals surface area (Å²) in [6, 6.07) is 15.2. The third-order valence-electron chi connectivity index (χ3n) is 5.23. The van der Waals surface area contributed by atoms with Crippen molar-refractivity contribution in [2.75, 3.05) is 5.32 Å². The van der Waals surface area contributed by atoms with Crippen LogP contribution in [0.25, 0.3) is 21.3 Å². The Morgan fingerprint density at radius 3 is 2.76 bits per heavy atom. The van der Waals surface area contributed by atoms with Crippen molar-refractivity contribution in [3.8, 4) is 11.1 Å². The third-order valence-corrected chi connectivity index (χ3v) is 7.60. The summed E-state index contributed by atoms with van der Waals surface area (Å²) in [5.74, 6) is -0.194. The van der Waals surface area contributed by atoms with E-state index in [4.69, 9.17) is 16.6 Å². The Hall–Kier alpha value is -2.87. The minimum absolute atomic E-state index is 0.138. The van der Waals surface area contributed by atoms with Crippen molar-refractivity contribution in [3.05, 3.63) is 87.5 Å². The summed E-state index contributed by atoms with van der Waals surface area (Å²) in [7, 11) is 0. The normalized spacial score (nSPS) is 12.0. The minimum atomic E-state index is -0.489. The number of benzene rings is 2. The fourth-order valence-electron chi connectivity index (χ4n) is 3.40. The lowest BCUT2D eigenvalue weighted by atomic mass is 10.1. The molecule has 5 nitrogen and oxygen atoms in total. The average Bonchev–Trinajstić information content (AvgIpc) is 3.24. The maximum absolute atomic E-state index is 13.5. The summed E-state index contributed by atoms with van der Waals surface area (Å²) in [5.41, 5.74) is 3.17. The molecule has 1 N–H and O–H groups in total. The molecule has 1 amide bonds. The van der Waals surface area contributed by atoms with Crippen molar-refractivity contribution in [1.29, 1.82) is 0 Å². The molecular formula is C25H22ClN3O2S2. The molecule has 0 aliphatic heterocycles. The molecule has 0 aliphatic rings. The lowest BCUT2D eigenvalue weighted by molar-refractivity contribution is -0.115. The van der Waals surface area contributed by atoms with E-state index in [1.54, 1.807) is 29.7 Å². The highest BCUT2D eigenvalue weighted by Gasteiger charge is 2.22. The molecule has 0 fully saturated rings. The summed E-state index contributed by atoms with van der Waals surface area (Å²) in [6.45, 7) is 7.74. The van der Waals surface area contributed by atoms with Crippen molar-refractivity contribution in [1.82, 2.24) is 9.55 Å². The van der Waals surface area contributed by atoms with Gasteiger partial charge in [0.05, 0.1) is 10.6 Å². The molecule has 33 heavy (non-hydrogen) atoms. The molecule has 0 spiro atoms. The van der Waals surface area contributed by atoms with E-state index >= 15 is 0 Å². The SMILES string of the molecule is C=CCn1c(SC(C)C(=O)Nc2cccc(Cl)c2C)nc2scc(-c3ccccc3)c2c1=O. The quantitative estimate of drug-likeness (QED) is 0.183. The summed E-state index contributed by atoms with van der Waals surface area (Å²) in [6.07, 6.45) is 1.66. The van der Waals surface area contributed by atoms with E-state index in [-0.39, 0.29) is 11.5 Å². The minimum Gasteiger partial charge on any atom is -0.325 e. The number of allylic oxidation sites excluding steroid dienone is 1. The zero-order valence-corrected chi connectivity index (χ0v) is 20.6. The Bertz CT molecular complexity index is 1400. The van der Waals surface area contributed by atoms with E-state index in [2.05, 4.69) is 11.9 Å². The van der Waals surface area contributed by atoms with Gasteiger partial charge in [-0.15, -0.1) is 17.9 Å². The summed E-state index contributed by atoms with van der Waals surface area (Å²) >= 11 is 8.84. The number of amides is 1. The van der Waals surface area contributed by atoms with Crippen LogP contribution in [0.2, 0.25) is 5.02 Å². The number of hydrogen-bond acceptors (Lipinski definition) is 5. The van der Waals surface area contributed by atoms with Crippen LogP contribution in [-0.4, -0.2) is 20.7 Å². The highest BCUT2D eigenvalue weighted by Crippen LogP contribution is 2.33. The van der Waals surface area contributed by atoms with Crippen LogP contribution in [0.3, 0.4) is 0 Å². The number of anilines is 1. The highest BCUT2D eigenvalue weighted by molar-refractivity contribution is 8.00. The van der Waals surface area contributed by atoms with Gasteiger partial charge in [0.1, 0.15) is 4.83 Å². The number of rotatable bonds is 7. The monoisotopic (exact) mass is 495 g/mol. The van der Waals surface area contributed by atoms with E-state index in [9.17, 15) is 9.59 Å². The Kier molecular flexibility index (Phi) is 7.02. The van der Waals surface area contributed by atoms with Crippen molar-refractivity contribution < 1.29 is 4.79 Å². The third kappa shape index (κ3) is 4.76. The van der Waals surface area contributed by atoms with Crippen molar-refractivity contribution in [3.63, 3.8) is 0 Å². The standard InChI is InChI=1S/C25H22ClN3O2S2/c1-4-13-29-24(31)21-18(17-9-6-5-7-10-17)14-32-23(21)28-25(29)33-16(3)22(30)27-20-12-8-11-19(26)15(20)2/h4-12,14,16H,1,13H2,2-3H3,(H,27,30). The Balaban J connectivity index is 1.68. The lowest BCUT2D eigenvalue weighted by Gasteiger charge is -2.16. The number of nitrogens with one attached hydrogen (secondary N) is 1. The van der Waals surface area contributed by atoms with Gasteiger partial charge in [-0.1, -0.05) is 65.8 Å². The second-order valence-electron chi connectivity index (χ2n) is 7.46. The molecule has 1 unspecified atom stereocenters. The smallest absolute Gasteiger partial charge is 0.263 e. The van der Waals surface area contributed by atoms with Crippen LogP contribution in [-0.2, 0) is 11.3 Å². The second-order valence-corrected chi connectivity index (χ2v) is 10.0. The molecule has 8 heteroatoms. The molecule has 4 rings (SSSR count). The van der Waals surface area contributed by atoms with Crippen LogP contribution in [0.4, 0.5) is 5.69 Å². The predicted octanol–water partition coefficient (Wildman–Crippen LogP) is 6.39. The molecule has 0 radical (unpaired) electrons. The zero-order valence-electron chi connectivity index (χ0n) is 18.2. The molecule has 1 atom stereocenters. The highest BCUT2D eigenvalue weighted by atomic mass is 35.5. The average molecular weight is 496 g/mol. The molecule has 0 saturated carbocycles. The largest absolute Gasteiger partial charge is 0.325 e.